The van der Waals surface area contributed by atoms with Gasteiger partial charge >= 0.3 is 0 Å². The van der Waals surface area contributed by atoms with E-state index in [1.807, 2.05) is 24.3 Å². The zero-order valence-electron chi connectivity index (χ0n) is 10.7. The molecule has 1 fully saturated rings. The van der Waals surface area contributed by atoms with E-state index < -0.39 is 0 Å². The van der Waals surface area contributed by atoms with Crippen LogP contribution in [0.2, 0.25) is 0 Å². The number of hydrogen-bond acceptors (Lipinski definition) is 1. The van der Waals surface area contributed by atoms with Gasteiger partial charge in [-0.15, -0.1) is 0 Å². The number of hydrogen-bond donors (Lipinski definition) is 2. The number of aromatic amines is 1. The van der Waals surface area contributed by atoms with Gasteiger partial charge in [0.25, 0.3) is 5.91 Å². The summed E-state index contributed by atoms with van der Waals surface area (Å²) in [5.74, 6) is 0.0132. The molecule has 4 heteroatoms. The summed E-state index contributed by atoms with van der Waals surface area (Å²) in [4.78, 5) is 15.4. The molecule has 0 unspecified atom stereocenters. The summed E-state index contributed by atoms with van der Waals surface area (Å²) in [5, 5.41) is 4.19. The first kappa shape index (κ1) is 12.7. The van der Waals surface area contributed by atoms with Gasteiger partial charge in [-0.25, -0.2) is 0 Å². The second kappa shape index (κ2) is 5.37. The lowest BCUT2D eigenvalue weighted by Crippen LogP contribution is -2.36. The average molecular weight is 321 g/mol. The monoisotopic (exact) mass is 320 g/mol. The predicted octanol–water partition coefficient (Wildman–Crippen LogP) is 3.99. The van der Waals surface area contributed by atoms with Crippen molar-refractivity contribution in [2.75, 3.05) is 0 Å². The van der Waals surface area contributed by atoms with Gasteiger partial charge in [0, 0.05) is 21.4 Å². The molecule has 0 radical (unpaired) electrons. The highest BCUT2D eigenvalue weighted by Gasteiger charge is 2.17. The van der Waals surface area contributed by atoms with Gasteiger partial charge < -0.3 is 10.3 Å². The first-order chi connectivity index (χ1) is 9.22. The number of carbonyl (C=O) groups is 1. The van der Waals surface area contributed by atoms with E-state index in [4.69, 9.17) is 0 Å². The zero-order chi connectivity index (χ0) is 13.2. The highest BCUT2D eigenvalue weighted by atomic mass is 79.9. The highest BCUT2D eigenvalue weighted by Crippen LogP contribution is 2.21. The SMILES string of the molecule is O=C(NC1CCCCC1)c1cc2cc(Br)ccc2[nH]1. The Labute approximate surface area is 120 Å². The summed E-state index contributed by atoms with van der Waals surface area (Å²) in [5.41, 5.74) is 1.65. The van der Waals surface area contributed by atoms with E-state index in [-0.39, 0.29) is 5.91 Å². The molecule has 2 aromatic rings. The van der Waals surface area contributed by atoms with Gasteiger partial charge in [-0.1, -0.05) is 35.2 Å². The molecule has 1 aromatic heterocycles. The summed E-state index contributed by atoms with van der Waals surface area (Å²) >= 11 is 3.44. The van der Waals surface area contributed by atoms with Crippen molar-refractivity contribution < 1.29 is 4.79 Å². The Bertz CT molecular complexity index is 599. The van der Waals surface area contributed by atoms with E-state index in [1.165, 1.54) is 19.3 Å². The van der Waals surface area contributed by atoms with Gasteiger partial charge in [0.15, 0.2) is 0 Å². The Morgan fingerprint density at radius 2 is 2.00 bits per heavy atom. The largest absolute Gasteiger partial charge is 0.351 e. The summed E-state index contributed by atoms with van der Waals surface area (Å²) in [6, 6.07) is 8.24. The van der Waals surface area contributed by atoms with E-state index in [1.54, 1.807) is 0 Å². The van der Waals surface area contributed by atoms with Crippen LogP contribution in [0.15, 0.2) is 28.7 Å². The predicted molar refractivity (Wildman–Crippen MR) is 80.3 cm³/mol. The third-order valence-electron chi connectivity index (χ3n) is 3.77. The number of nitrogens with one attached hydrogen (secondary N) is 2. The molecule has 100 valence electrons. The minimum Gasteiger partial charge on any atom is -0.351 e. The zero-order valence-corrected chi connectivity index (χ0v) is 12.3. The molecule has 1 saturated carbocycles. The standard InChI is InChI=1S/C15H17BrN2O/c16-11-6-7-13-10(8-11)9-14(18-13)15(19)17-12-4-2-1-3-5-12/h6-9,12,18H,1-5H2,(H,17,19). The fourth-order valence-electron chi connectivity index (χ4n) is 2.74. The quantitative estimate of drug-likeness (QED) is 0.863. The summed E-state index contributed by atoms with van der Waals surface area (Å²) < 4.78 is 1.03. The lowest BCUT2D eigenvalue weighted by Gasteiger charge is -2.22. The second-order valence-corrected chi connectivity index (χ2v) is 6.14. The van der Waals surface area contributed by atoms with Crippen molar-refractivity contribution in [3.05, 3.63) is 34.4 Å². The third kappa shape index (κ3) is 2.84. The van der Waals surface area contributed by atoms with Gasteiger partial charge in [-0.3, -0.25) is 4.79 Å². The maximum atomic E-state index is 12.2. The molecule has 0 atom stereocenters. The molecular formula is C15H17BrN2O. The lowest BCUT2D eigenvalue weighted by atomic mass is 9.95. The van der Waals surface area contributed by atoms with Crippen molar-refractivity contribution in [1.29, 1.82) is 0 Å². The normalized spacial score (nSPS) is 16.7. The maximum Gasteiger partial charge on any atom is 0.267 e. The molecule has 3 rings (SSSR count). The summed E-state index contributed by atoms with van der Waals surface area (Å²) in [6.45, 7) is 0. The smallest absolute Gasteiger partial charge is 0.267 e. The molecular weight excluding hydrogens is 304 g/mol. The van der Waals surface area contributed by atoms with Gasteiger partial charge in [-0.2, -0.15) is 0 Å². The van der Waals surface area contributed by atoms with Crippen LogP contribution in [-0.2, 0) is 0 Å². The van der Waals surface area contributed by atoms with E-state index in [9.17, 15) is 4.79 Å². The van der Waals surface area contributed by atoms with Crippen molar-refractivity contribution in [3.63, 3.8) is 0 Å². The van der Waals surface area contributed by atoms with Gasteiger partial charge in [0.1, 0.15) is 5.69 Å². The fourth-order valence-corrected chi connectivity index (χ4v) is 3.11. The van der Waals surface area contributed by atoms with Gasteiger partial charge in [0.2, 0.25) is 0 Å². The average Bonchev–Trinajstić information content (AvgIpc) is 2.83. The molecule has 19 heavy (non-hydrogen) atoms. The highest BCUT2D eigenvalue weighted by molar-refractivity contribution is 9.10. The van der Waals surface area contributed by atoms with Crippen LogP contribution in [0.4, 0.5) is 0 Å². The number of amides is 1. The summed E-state index contributed by atoms with van der Waals surface area (Å²) in [7, 11) is 0. The van der Waals surface area contributed by atoms with Crippen LogP contribution in [0.3, 0.4) is 0 Å². The van der Waals surface area contributed by atoms with E-state index in [0.29, 0.717) is 11.7 Å². The van der Waals surface area contributed by atoms with Crippen LogP contribution in [-0.4, -0.2) is 16.9 Å². The Morgan fingerprint density at radius 1 is 1.21 bits per heavy atom. The Hall–Kier alpha value is -1.29. The Balaban J connectivity index is 1.77. The minimum atomic E-state index is 0.0132. The molecule has 1 aliphatic carbocycles. The molecule has 3 nitrogen and oxygen atoms in total. The number of rotatable bonds is 2. The Kier molecular flexibility index (Phi) is 3.60. The van der Waals surface area contributed by atoms with Crippen LogP contribution in [0.5, 0.6) is 0 Å². The number of H-pyrrole nitrogens is 1. The van der Waals surface area contributed by atoms with Crippen molar-refractivity contribution >= 4 is 32.7 Å². The van der Waals surface area contributed by atoms with Crippen LogP contribution in [0.1, 0.15) is 42.6 Å². The molecule has 0 bridgehead atoms. The molecule has 2 N–H and O–H groups in total. The number of fused-ring (bicyclic) bond motifs is 1. The number of halogens is 1. The molecule has 1 aromatic carbocycles. The van der Waals surface area contributed by atoms with Crippen molar-refractivity contribution in [2.45, 2.75) is 38.1 Å². The van der Waals surface area contributed by atoms with E-state index in [2.05, 4.69) is 26.2 Å². The number of aromatic nitrogens is 1. The van der Waals surface area contributed by atoms with Crippen molar-refractivity contribution in [3.8, 4) is 0 Å². The van der Waals surface area contributed by atoms with E-state index >= 15 is 0 Å². The number of carbonyl (C=O) groups excluding carboxylic acids is 1. The first-order valence-corrected chi connectivity index (χ1v) is 7.61. The second-order valence-electron chi connectivity index (χ2n) is 5.22. The third-order valence-corrected chi connectivity index (χ3v) is 4.26. The molecule has 0 saturated heterocycles. The van der Waals surface area contributed by atoms with Crippen molar-refractivity contribution in [2.24, 2.45) is 0 Å². The summed E-state index contributed by atoms with van der Waals surface area (Å²) in [6.07, 6.45) is 5.97. The Morgan fingerprint density at radius 3 is 2.79 bits per heavy atom. The first-order valence-electron chi connectivity index (χ1n) is 6.81. The fraction of sp³-hybridized carbons (Fsp3) is 0.400. The van der Waals surface area contributed by atoms with Crippen LogP contribution < -0.4 is 5.32 Å². The minimum absolute atomic E-state index is 0.0132. The molecule has 1 amide bonds. The maximum absolute atomic E-state index is 12.2. The molecule has 1 aliphatic rings. The van der Waals surface area contributed by atoms with Gasteiger partial charge in [0.05, 0.1) is 0 Å². The number of benzene rings is 1. The molecule has 1 heterocycles. The molecule has 0 spiro atoms. The molecule has 0 aliphatic heterocycles. The lowest BCUT2D eigenvalue weighted by molar-refractivity contribution is 0.0923. The van der Waals surface area contributed by atoms with Crippen LogP contribution >= 0.6 is 15.9 Å². The van der Waals surface area contributed by atoms with Crippen LogP contribution in [0.25, 0.3) is 10.9 Å². The van der Waals surface area contributed by atoms with Gasteiger partial charge in [-0.05, 0) is 37.1 Å². The van der Waals surface area contributed by atoms with Crippen LogP contribution in [0, 0.1) is 0 Å². The van der Waals surface area contributed by atoms with Crippen molar-refractivity contribution in [1.82, 2.24) is 10.3 Å². The topological polar surface area (TPSA) is 44.9 Å². The van der Waals surface area contributed by atoms with E-state index in [0.717, 1.165) is 28.2 Å².